The number of nitrogens with zero attached hydrogens (tertiary/aromatic N) is 4. The molecule has 1 rings (SSSR count). The molecule has 0 aliphatic carbocycles. The first-order valence-corrected chi connectivity index (χ1v) is 5.02. The summed E-state index contributed by atoms with van der Waals surface area (Å²) in [5.41, 5.74) is 8.28. The maximum Gasteiger partial charge on any atom is 0.123 e. The second-order valence-electron chi connectivity index (χ2n) is 3.13. The van der Waals surface area contributed by atoms with E-state index in [9.17, 15) is 10.2 Å². The molecule has 2 N–H and O–H groups in total. The second kappa shape index (κ2) is 6.30. The maximum absolute atomic E-state index is 9.74. The molecule has 0 aliphatic heterocycles. The first-order valence-electron chi connectivity index (χ1n) is 4.64. The van der Waals surface area contributed by atoms with Gasteiger partial charge in [0.05, 0.1) is 16.8 Å². The van der Waals surface area contributed by atoms with Crippen molar-refractivity contribution in [1.82, 2.24) is 4.98 Å². The molecular weight excluding hydrogens is 232 g/mol. The lowest BCUT2D eigenvalue weighted by Crippen LogP contribution is -2.20. The highest BCUT2D eigenvalue weighted by molar-refractivity contribution is 6.31. The van der Waals surface area contributed by atoms with Gasteiger partial charge in [0.15, 0.2) is 0 Å². The van der Waals surface area contributed by atoms with Gasteiger partial charge in [-0.05, 0) is 24.1 Å². The van der Waals surface area contributed by atoms with E-state index in [1.165, 1.54) is 6.20 Å². The average molecular weight is 243 g/mol. The van der Waals surface area contributed by atoms with Crippen LogP contribution in [0.25, 0.3) is 10.4 Å². The predicted molar refractivity (Wildman–Crippen MR) is 58.8 cm³/mol. The van der Waals surface area contributed by atoms with E-state index in [2.05, 4.69) is 15.0 Å². The Morgan fingerprint density at radius 1 is 1.56 bits per heavy atom. The van der Waals surface area contributed by atoms with Crippen molar-refractivity contribution in [2.45, 2.75) is 18.6 Å². The van der Waals surface area contributed by atoms with Crippen LogP contribution in [0, 0.1) is 0 Å². The van der Waals surface area contributed by atoms with Crippen LogP contribution in [0.5, 0.6) is 0 Å². The van der Waals surface area contributed by atoms with Crippen LogP contribution >= 0.6 is 11.6 Å². The molecule has 1 heterocycles. The fourth-order valence-corrected chi connectivity index (χ4v) is 1.42. The highest BCUT2D eigenvalue weighted by Gasteiger charge is 2.21. The number of aliphatic hydroxyl groups is 2. The van der Waals surface area contributed by atoms with Crippen LogP contribution in [0.1, 0.15) is 18.2 Å². The summed E-state index contributed by atoms with van der Waals surface area (Å²) in [4.78, 5) is 6.43. The highest BCUT2D eigenvalue weighted by atomic mass is 35.5. The van der Waals surface area contributed by atoms with E-state index in [1.54, 1.807) is 12.1 Å². The molecule has 2 atom stereocenters. The molecule has 16 heavy (non-hydrogen) atoms. The number of hydrogen-bond acceptors (Lipinski definition) is 4. The van der Waals surface area contributed by atoms with Crippen molar-refractivity contribution < 1.29 is 10.2 Å². The lowest BCUT2D eigenvalue weighted by atomic mass is 10.1. The van der Waals surface area contributed by atoms with Crippen LogP contribution in [-0.2, 0) is 0 Å². The molecule has 0 radical (unpaired) electrons. The molecule has 0 fully saturated rings. The number of pyridine rings is 1. The summed E-state index contributed by atoms with van der Waals surface area (Å²) in [5.74, 6) is 0. The largest absolute Gasteiger partial charge is 0.390 e. The van der Waals surface area contributed by atoms with Gasteiger partial charge in [-0.15, -0.1) is 0 Å². The first-order chi connectivity index (χ1) is 7.66. The summed E-state index contributed by atoms with van der Waals surface area (Å²) in [6, 6.07) is 3.21. The third-order valence-corrected chi connectivity index (χ3v) is 2.34. The van der Waals surface area contributed by atoms with Crippen LogP contribution in [0.2, 0.25) is 5.02 Å². The Morgan fingerprint density at radius 2 is 2.31 bits per heavy atom. The van der Waals surface area contributed by atoms with E-state index in [0.717, 1.165) is 0 Å². The topological polar surface area (TPSA) is 102 Å². The molecule has 6 nitrogen and oxygen atoms in total. The summed E-state index contributed by atoms with van der Waals surface area (Å²) >= 11 is 5.81. The summed E-state index contributed by atoms with van der Waals surface area (Å²) in [7, 11) is 0. The number of halogens is 1. The van der Waals surface area contributed by atoms with Gasteiger partial charge in [0.2, 0.25) is 0 Å². The van der Waals surface area contributed by atoms with Gasteiger partial charge in [-0.25, -0.2) is 0 Å². The molecule has 1 aromatic rings. The quantitative estimate of drug-likeness (QED) is 0.468. The summed E-state index contributed by atoms with van der Waals surface area (Å²) in [6.07, 6.45) is -0.608. The zero-order chi connectivity index (χ0) is 12.0. The molecule has 2 unspecified atom stereocenters. The van der Waals surface area contributed by atoms with E-state index in [1.807, 2.05) is 0 Å². The summed E-state index contributed by atoms with van der Waals surface area (Å²) in [6.45, 7) is 0.110. The van der Waals surface area contributed by atoms with E-state index < -0.39 is 12.2 Å². The predicted octanol–water partition coefficient (Wildman–Crippen LogP) is 1.83. The normalized spacial score (nSPS) is 13.9. The van der Waals surface area contributed by atoms with E-state index in [-0.39, 0.29) is 23.7 Å². The van der Waals surface area contributed by atoms with Crippen molar-refractivity contribution in [3.63, 3.8) is 0 Å². The van der Waals surface area contributed by atoms with Gasteiger partial charge in [0, 0.05) is 17.7 Å². The van der Waals surface area contributed by atoms with Crippen molar-refractivity contribution in [1.29, 1.82) is 0 Å². The van der Waals surface area contributed by atoms with Crippen LogP contribution in [-0.4, -0.2) is 27.8 Å². The Kier molecular flexibility index (Phi) is 5.01. The molecule has 0 aliphatic rings. The Labute approximate surface area is 97.1 Å². The molecule has 0 spiro atoms. The zero-order valence-corrected chi connectivity index (χ0v) is 9.12. The third kappa shape index (κ3) is 3.36. The third-order valence-electron chi connectivity index (χ3n) is 2.02. The second-order valence-corrected chi connectivity index (χ2v) is 3.53. The summed E-state index contributed by atoms with van der Waals surface area (Å²) in [5, 5.41) is 22.9. The monoisotopic (exact) mass is 242 g/mol. The first kappa shape index (κ1) is 12.7. The lowest BCUT2D eigenvalue weighted by Gasteiger charge is -2.17. The van der Waals surface area contributed by atoms with Crippen molar-refractivity contribution in [3.05, 3.63) is 39.5 Å². The molecule has 0 saturated heterocycles. The van der Waals surface area contributed by atoms with Crippen molar-refractivity contribution in [2.24, 2.45) is 5.11 Å². The molecule has 0 amide bonds. The van der Waals surface area contributed by atoms with Gasteiger partial charge in [0.25, 0.3) is 0 Å². The fourth-order valence-electron chi connectivity index (χ4n) is 1.19. The maximum atomic E-state index is 9.74. The van der Waals surface area contributed by atoms with Crippen LogP contribution in [0.4, 0.5) is 0 Å². The minimum atomic E-state index is -1.18. The minimum absolute atomic E-state index is 0.110. The molecule has 1 aromatic heterocycles. The molecular formula is C9H11ClN4O2. The standard InChI is InChI=1S/C9H11ClN4O2/c10-6-2-1-4-12-8(6)9(16)7(15)3-5-13-14-11/h1-2,4,7,9,15-16H,3,5H2. The zero-order valence-electron chi connectivity index (χ0n) is 8.36. The van der Waals surface area contributed by atoms with Gasteiger partial charge in [-0.2, -0.15) is 0 Å². The molecule has 0 aromatic carbocycles. The Bertz CT molecular complexity index is 395. The molecule has 0 bridgehead atoms. The molecule has 0 saturated carbocycles. The van der Waals surface area contributed by atoms with Crippen molar-refractivity contribution in [3.8, 4) is 0 Å². The SMILES string of the molecule is [N-]=[N+]=NCCC(O)C(O)c1ncccc1Cl. The number of aromatic nitrogens is 1. The number of hydrogen-bond donors (Lipinski definition) is 2. The van der Waals surface area contributed by atoms with Gasteiger partial charge in [-0.1, -0.05) is 16.7 Å². The molecule has 7 heteroatoms. The van der Waals surface area contributed by atoms with Gasteiger partial charge >= 0.3 is 0 Å². The minimum Gasteiger partial charge on any atom is -0.390 e. The number of azide groups is 1. The Balaban J connectivity index is 2.66. The smallest absolute Gasteiger partial charge is 0.123 e. The number of rotatable bonds is 5. The van der Waals surface area contributed by atoms with Crippen molar-refractivity contribution in [2.75, 3.05) is 6.54 Å². The Hall–Kier alpha value is -1.33. The van der Waals surface area contributed by atoms with Crippen LogP contribution < -0.4 is 0 Å². The fraction of sp³-hybridized carbons (Fsp3) is 0.444. The van der Waals surface area contributed by atoms with E-state index in [4.69, 9.17) is 17.1 Å². The average Bonchev–Trinajstić information content (AvgIpc) is 2.29. The lowest BCUT2D eigenvalue weighted by molar-refractivity contribution is 0.0126. The van der Waals surface area contributed by atoms with Gasteiger partial charge in [-0.3, -0.25) is 4.98 Å². The van der Waals surface area contributed by atoms with Crippen LogP contribution in [0.3, 0.4) is 0 Å². The van der Waals surface area contributed by atoms with E-state index >= 15 is 0 Å². The Morgan fingerprint density at radius 3 is 2.94 bits per heavy atom. The van der Waals surface area contributed by atoms with Crippen LogP contribution in [0.15, 0.2) is 23.4 Å². The number of aliphatic hydroxyl groups excluding tert-OH is 2. The highest BCUT2D eigenvalue weighted by Crippen LogP contribution is 2.23. The summed E-state index contributed by atoms with van der Waals surface area (Å²) < 4.78 is 0. The van der Waals surface area contributed by atoms with Crippen molar-refractivity contribution >= 4 is 11.6 Å². The van der Waals surface area contributed by atoms with Gasteiger partial charge < -0.3 is 10.2 Å². The van der Waals surface area contributed by atoms with Gasteiger partial charge in [0.1, 0.15) is 6.10 Å². The van der Waals surface area contributed by atoms with E-state index in [0.29, 0.717) is 0 Å². The molecule has 86 valence electrons.